The van der Waals surface area contributed by atoms with Crippen molar-refractivity contribution in [1.29, 1.82) is 0 Å². The fourth-order valence-corrected chi connectivity index (χ4v) is 4.64. The molecule has 3 aliphatic rings. The summed E-state index contributed by atoms with van der Waals surface area (Å²) in [4.78, 5) is 43.0. The van der Waals surface area contributed by atoms with Crippen molar-refractivity contribution in [3.63, 3.8) is 0 Å². The van der Waals surface area contributed by atoms with E-state index in [1.165, 1.54) is 0 Å². The standard InChI is InChI=1S/C22H24N6O3/c29-20-7-6-18(21(30)24-20)28-14-17-15(3-1-4-16(17)22(28)31)13-26-9-11-27(12-10-26)19-5-2-8-23-25-19/h1-5,8,18H,6-7,9-14H2,(H,24,29,30). The molecule has 2 aromatic rings. The van der Waals surface area contributed by atoms with Gasteiger partial charge in [0.25, 0.3) is 5.91 Å². The number of anilines is 1. The van der Waals surface area contributed by atoms with Gasteiger partial charge in [0.15, 0.2) is 5.82 Å². The first-order valence-corrected chi connectivity index (χ1v) is 10.6. The first-order valence-electron chi connectivity index (χ1n) is 10.6. The molecule has 0 saturated carbocycles. The van der Waals surface area contributed by atoms with Crippen LogP contribution in [0.2, 0.25) is 0 Å². The van der Waals surface area contributed by atoms with Crippen molar-refractivity contribution in [3.8, 4) is 0 Å². The summed E-state index contributed by atoms with van der Waals surface area (Å²) in [5, 5.41) is 10.5. The number of aromatic nitrogens is 2. The molecule has 1 unspecified atom stereocenters. The van der Waals surface area contributed by atoms with Crippen LogP contribution in [0.25, 0.3) is 0 Å². The predicted molar refractivity (Wildman–Crippen MR) is 112 cm³/mol. The second kappa shape index (κ2) is 8.07. The van der Waals surface area contributed by atoms with E-state index in [1.54, 1.807) is 11.1 Å². The average molecular weight is 420 g/mol. The van der Waals surface area contributed by atoms with E-state index < -0.39 is 6.04 Å². The van der Waals surface area contributed by atoms with Gasteiger partial charge in [0.05, 0.1) is 0 Å². The highest BCUT2D eigenvalue weighted by Crippen LogP contribution is 2.30. The average Bonchev–Trinajstić information content (AvgIpc) is 3.12. The molecule has 9 heteroatoms. The number of benzene rings is 1. The zero-order valence-corrected chi connectivity index (χ0v) is 17.2. The van der Waals surface area contributed by atoms with Gasteiger partial charge in [-0.2, -0.15) is 5.10 Å². The van der Waals surface area contributed by atoms with Gasteiger partial charge >= 0.3 is 0 Å². The van der Waals surface area contributed by atoms with E-state index in [4.69, 9.17) is 0 Å². The second-order valence-corrected chi connectivity index (χ2v) is 8.19. The van der Waals surface area contributed by atoms with Crippen molar-refractivity contribution in [3.05, 3.63) is 53.2 Å². The van der Waals surface area contributed by atoms with E-state index >= 15 is 0 Å². The van der Waals surface area contributed by atoms with Crippen LogP contribution in [0.4, 0.5) is 5.82 Å². The van der Waals surface area contributed by atoms with Crippen molar-refractivity contribution in [2.45, 2.75) is 32.0 Å². The lowest BCUT2D eigenvalue weighted by Gasteiger charge is -2.35. The van der Waals surface area contributed by atoms with Gasteiger partial charge in [-0.1, -0.05) is 12.1 Å². The summed E-state index contributed by atoms with van der Waals surface area (Å²) in [5.41, 5.74) is 2.78. The molecule has 31 heavy (non-hydrogen) atoms. The zero-order valence-electron chi connectivity index (χ0n) is 17.2. The fraction of sp³-hybridized carbons (Fsp3) is 0.409. The van der Waals surface area contributed by atoms with Crippen LogP contribution in [0.3, 0.4) is 0 Å². The first-order chi connectivity index (χ1) is 15.1. The van der Waals surface area contributed by atoms with Gasteiger partial charge in [-0.3, -0.25) is 24.6 Å². The highest BCUT2D eigenvalue weighted by Gasteiger charge is 2.39. The molecule has 1 aromatic heterocycles. The van der Waals surface area contributed by atoms with Crippen LogP contribution < -0.4 is 10.2 Å². The van der Waals surface area contributed by atoms with E-state index in [9.17, 15) is 14.4 Å². The lowest BCUT2D eigenvalue weighted by atomic mass is 10.0. The Kier molecular flexibility index (Phi) is 5.11. The molecule has 3 aliphatic heterocycles. The van der Waals surface area contributed by atoms with Crippen LogP contribution in [0, 0.1) is 0 Å². The van der Waals surface area contributed by atoms with Gasteiger partial charge in [-0.15, -0.1) is 5.10 Å². The SMILES string of the molecule is O=C1CCC(N2Cc3c(CN4CCN(c5cccnn5)CC4)cccc3C2=O)C(=O)N1. The van der Waals surface area contributed by atoms with Crippen LogP contribution >= 0.6 is 0 Å². The van der Waals surface area contributed by atoms with Crippen molar-refractivity contribution in [2.75, 3.05) is 31.1 Å². The van der Waals surface area contributed by atoms with E-state index in [1.807, 2.05) is 24.3 Å². The number of nitrogens with zero attached hydrogens (tertiary/aromatic N) is 5. The van der Waals surface area contributed by atoms with Gasteiger partial charge < -0.3 is 9.80 Å². The first kappa shape index (κ1) is 19.6. The number of fused-ring (bicyclic) bond motifs is 1. The minimum atomic E-state index is -0.582. The Bertz CT molecular complexity index is 1020. The van der Waals surface area contributed by atoms with Crippen LogP contribution in [-0.2, 0) is 22.7 Å². The van der Waals surface area contributed by atoms with Crippen LogP contribution in [0.15, 0.2) is 36.5 Å². The van der Waals surface area contributed by atoms with E-state index in [0.717, 1.165) is 49.7 Å². The molecule has 2 fully saturated rings. The molecule has 0 aliphatic carbocycles. The number of imide groups is 1. The zero-order chi connectivity index (χ0) is 21.4. The lowest BCUT2D eigenvalue weighted by molar-refractivity contribution is -0.136. The highest BCUT2D eigenvalue weighted by molar-refractivity contribution is 6.05. The van der Waals surface area contributed by atoms with E-state index in [0.29, 0.717) is 18.5 Å². The van der Waals surface area contributed by atoms with Gasteiger partial charge in [0, 0.05) is 57.4 Å². The molecule has 9 nitrogen and oxygen atoms in total. The Balaban J connectivity index is 1.27. The summed E-state index contributed by atoms with van der Waals surface area (Å²) in [6.07, 6.45) is 2.32. The molecule has 1 N–H and O–H groups in total. The van der Waals surface area contributed by atoms with Gasteiger partial charge in [0.2, 0.25) is 11.8 Å². The van der Waals surface area contributed by atoms with Crippen molar-refractivity contribution >= 4 is 23.5 Å². The Morgan fingerprint density at radius 1 is 1.03 bits per heavy atom. The summed E-state index contributed by atoms with van der Waals surface area (Å²) in [6.45, 7) is 4.70. The molecule has 0 radical (unpaired) electrons. The molecule has 4 heterocycles. The minimum Gasteiger partial charge on any atom is -0.353 e. The Morgan fingerprint density at radius 3 is 2.61 bits per heavy atom. The Morgan fingerprint density at radius 2 is 1.87 bits per heavy atom. The third-order valence-corrected chi connectivity index (χ3v) is 6.33. The number of hydrogen-bond acceptors (Lipinski definition) is 7. The maximum absolute atomic E-state index is 13.0. The fourth-order valence-electron chi connectivity index (χ4n) is 4.64. The molecule has 160 valence electrons. The Hall–Kier alpha value is -3.33. The normalized spacial score (nSPS) is 21.9. The number of rotatable bonds is 4. The third kappa shape index (κ3) is 3.76. The molecular weight excluding hydrogens is 396 g/mol. The van der Waals surface area contributed by atoms with Crippen LogP contribution in [-0.4, -0.2) is 69.9 Å². The topological polar surface area (TPSA) is 98.7 Å². The van der Waals surface area contributed by atoms with Gasteiger partial charge in [-0.25, -0.2) is 0 Å². The summed E-state index contributed by atoms with van der Waals surface area (Å²) in [7, 11) is 0. The number of amides is 3. The minimum absolute atomic E-state index is 0.126. The lowest BCUT2D eigenvalue weighted by Crippen LogP contribution is -2.52. The largest absolute Gasteiger partial charge is 0.353 e. The second-order valence-electron chi connectivity index (χ2n) is 8.19. The van der Waals surface area contributed by atoms with E-state index in [-0.39, 0.29) is 24.1 Å². The molecule has 0 bridgehead atoms. The number of carbonyl (C=O) groups excluding carboxylic acids is 3. The number of hydrogen-bond donors (Lipinski definition) is 1. The van der Waals surface area contributed by atoms with Gasteiger partial charge in [0.1, 0.15) is 6.04 Å². The van der Waals surface area contributed by atoms with Crippen molar-refractivity contribution in [1.82, 2.24) is 25.3 Å². The summed E-state index contributed by atoms with van der Waals surface area (Å²) in [6, 6.07) is 9.10. The molecule has 1 atom stereocenters. The monoisotopic (exact) mass is 420 g/mol. The number of piperidine rings is 1. The molecule has 0 spiro atoms. The highest BCUT2D eigenvalue weighted by atomic mass is 16.2. The number of carbonyl (C=O) groups is 3. The van der Waals surface area contributed by atoms with Crippen LogP contribution in [0.5, 0.6) is 0 Å². The summed E-state index contributed by atoms with van der Waals surface area (Å²) < 4.78 is 0. The van der Waals surface area contributed by atoms with Crippen molar-refractivity contribution < 1.29 is 14.4 Å². The van der Waals surface area contributed by atoms with Crippen molar-refractivity contribution in [2.24, 2.45) is 0 Å². The van der Waals surface area contributed by atoms with Crippen LogP contribution in [0.1, 0.15) is 34.3 Å². The third-order valence-electron chi connectivity index (χ3n) is 6.33. The molecule has 3 amide bonds. The summed E-state index contributed by atoms with van der Waals surface area (Å²) >= 11 is 0. The molecular formula is C22H24N6O3. The smallest absolute Gasteiger partial charge is 0.255 e. The number of nitrogens with one attached hydrogen (secondary N) is 1. The van der Waals surface area contributed by atoms with Gasteiger partial charge in [-0.05, 0) is 35.7 Å². The summed E-state index contributed by atoms with van der Waals surface area (Å²) in [5.74, 6) is 0.123. The Labute approximate surface area is 180 Å². The van der Waals surface area contributed by atoms with E-state index in [2.05, 4.69) is 31.4 Å². The maximum Gasteiger partial charge on any atom is 0.255 e. The quantitative estimate of drug-likeness (QED) is 0.722. The molecule has 2 saturated heterocycles. The maximum atomic E-state index is 13.0. The number of piperazine rings is 1. The predicted octanol–water partition coefficient (Wildman–Crippen LogP) is 0.560. The molecule has 5 rings (SSSR count). The molecule has 1 aromatic carbocycles.